The normalized spacial score (nSPS) is 16.4. The number of nitrogens with one attached hydrogen (secondary N) is 3. The third kappa shape index (κ3) is 3.65. The second kappa shape index (κ2) is 7.53. The summed E-state index contributed by atoms with van der Waals surface area (Å²) in [6.07, 6.45) is 0. The van der Waals surface area contributed by atoms with Crippen LogP contribution >= 0.6 is 0 Å². The number of anilines is 1. The molecule has 0 spiro atoms. The van der Waals surface area contributed by atoms with Gasteiger partial charge in [0.25, 0.3) is 5.91 Å². The van der Waals surface area contributed by atoms with Crippen LogP contribution in [-0.2, 0) is 4.79 Å². The molecule has 1 aliphatic rings. The fourth-order valence-corrected chi connectivity index (χ4v) is 3.21. The van der Waals surface area contributed by atoms with E-state index in [4.69, 9.17) is 4.74 Å². The van der Waals surface area contributed by atoms with E-state index in [2.05, 4.69) is 16.0 Å². The van der Waals surface area contributed by atoms with Crippen molar-refractivity contribution in [2.24, 2.45) is 0 Å². The van der Waals surface area contributed by atoms with Gasteiger partial charge >= 0.3 is 6.03 Å². The summed E-state index contributed by atoms with van der Waals surface area (Å²) >= 11 is 0. The zero-order chi connectivity index (χ0) is 19.6. The Labute approximate surface area is 158 Å². The van der Waals surface area contributed by atoms with Crippen LogP contribution < -0.4 is 20.7 Å². The first-order valence-corrected chi connectivity index (χ1v) is 8.71. The molecular weight excluding hydrogens is 342 g/mol. The first-order valence-electron chi connectivity index (χ1n) is 8.71. The summed E-state index contributed by atoms with van der Waals surface area (Å²) in [6.45, 7) is 5.68. The van der Waals surface area contributed by atoms with Crippen LogP contribution in [0.3, 0.4) is 0 Å². The Bertz CT molecular complexity index is 934. The third-order valence-electron chi connectivity index (χ3n) is 4.82. The fourth-order valence-electron chi connectivity index (χ4n) is 3.21. The number of urea groups is 1. The van der Waals surface area contributed by atoms with Gasteiger partial charge in [0, 0.05) is 16.9 Å². The Morgan fingerprint density at radius 1 is 1.07 bits per heavy atom. The maximum absolute atomic E-state index is 13.1. The lowest BCUT2D eigenvalue weighted by Crippen LogP contribution is -2.46. The van der Waals surface area contributed by atoms with Crippen molar-refractivity contribution in [3.05, 3.63) is 70.4 Å². The summed E-state index contributed by atoms with van der Waals surface area (Å²) in [5.74, 6) is 0.333. The molecule has 6 heteroatoms. The molecule has 0 aliphatic carbocycles. The summed E-state index contributed by atoms with van der Waals surface area (Å²) in [5, 5.41) is 8.49. The largest absolute Gasteiger partial charge is 0.496 e. The molecule has 6 nitrogen and oxygen atoms in total. The fraction of sp³-hybridized carbons (Fsp3) is 0.238. The van der Waals surface area contributed by atoms with E-state index in [-0.39, 0.29) is 11.9 Å². The SMILES string of the molecule is COc1ccccc1[C@@H]1NC(=O)NC(C)=C1C(=O)Nc1cccc(C)c1C. The highest BCUT2D eigenvalue weighted by molar-refractivity contribution is 6.07. The van der Waals surface area contributed by atoms with Gasteiger partial charge in [-0.05, 0) is 44.0 Å². The molecule has 3 N–H and O–H groups in total. The lowest BCUT2D eigenvalue weighted by atomic mass is 9.94. The lowest BCUT2D eigenvalue weighted by molar-refractivity contribution is -0.113. The molecule has 1 atom stereocenters. The predicted octanol–water partition coefficient (Wildman–Crippen LogP) is 3.58. The third-order valence-corrected chi connectivity index (χ3v) is 4.82. The molecule has 3 amide bonds. The molecule has 3 rings (SSSR count). The van der Waals surface area contributed by atoms with Crippen LogP contribution in [-0.4, -0.2) is 19.0 Å². The topological polar surface area (TPSA) is 79.5 Å². The van der Waals surface area contributed by atoms with Gasteiger partial charge in [0.2, 0.25) is 0 Å². The molecule has 140 valence electrons. The number of hydrogen-bond donors (Lipinski definition) is 3. The maximum Gasteiger partial charge on any atom is 0.319 e. The molecule has 27 heavy (non-hydrogen) atoms. The molecule has 0 fully saturated rings. The summed E-state index contributed by atoms with van der Waals surface area (Å²) in [6, 6.07) is 12.1. The number of benzene rings is 2. The molecule has 0 bridgehead atoms. The van der Waals surface area contributed by atoms with Gasteiger partial charge < -0.3 is 20.7 Å². The number of allylic oxidation sites excluding steroid dienone is 1. The molecular formula is C21H23N3O3. The maximum atomic E-state index is 13.1. The van der Waals surface area contributed by atoms with E-state index < -0.39 is 6.04 Å². The second-order valence-corrected chi connectivity index (χ2v) is 6.51. The van der Waals surface area contributed by atoms with E-state index in [0.717, 1.165) is 22.4 Å². The average Bonchev–Trinajstić information content (AvgIpc) is 2.64. The number of amides is 3. The number of ether oxygens (including phenoxy) is 1. The molecule has 1 heterocycles. The van der Waals surface area contributed by atoms with Gasteiger partial charge in [0.05, 0.1) is 18.7 Å². The Balaban J connectivity index is 2.01. The van der Waals surface area contributed by atoms with Crippen LogP contribution in [0, 0.1) is 13.8 Å². The Hall–Kier alpha value is -3.28. The van der Waals surface area contributed by atoms with Crippen LogP contribution in [0.4, 0.5) is 10.5 Å². The van der Waals surface area contributed by atoms with E-state index in [1.54, 1.807) is 20.1 Å². The van der Waals surface area contributed by atoms with Crippen LogP contribution in [0.25, 0.3) is 0 Å². The Kier molecular flexibility index (Phi) is 5.16. The number of hydrogen-bond acceptors (Lipinski definition) is 3. The molecule has 0 radical (unpaired) electrons. The van der Waals surface area contributed by atoms with Crippen molar-refractivity contribution in [1.82, 2.24) is 10.6 Å². The zero-order valence-electron chi connectivity index (χ0n) is 15.8. The van der Waals surface area contributed by atoms with E-state index in [0.29, 0.717) is 17.0 Å². The zero-order valence-corrected chi connectivity index (χ0v) is 15.8. The number of methoxy groups -OCH3 is 1. The van der Waals surface area contributed by atoms with Crippen LogP contribution in [0.2, 0.25) is 0 Å². The van der Waals surface area contributed by atoms with E-state index in [9.17, 15) is 9.59 Å². The summed E-state index contributed by atoms with van der Waals surface area (Å²) < 4.78 is 5.42. The standard InChI is InChI=1S/C21H23N3O3/c1-12-8-7-10-16(13(12)2)23-20(25)18-14(3)22-21(26)24-19(18)15-9-5-6-11-17(15)27-4/h5-11,19H,1-4H3,(H,23,25)(H2,22,24,26)/t19-/m0/s1. The highest BCUT2D eigenvalue weighted by Gasteiger charge is 2.33. The number of rotatable bonds is 4. The lowest BCUT2D eigenvalue weighted by Gasteiger charge is -2.29. The molecule has 0 saturated heterocycles. The van der Waals surface area contributed by atoms with E-state index in [1.165, 1.54) is 0 Å². The molecule has 2 aromatic rings. The van der Waals surface area contributed by atoms with Crippen molar-refractivity contribution < 1.29 is 14.3 Å². The van der Waals surface area contributed by atoms with Gasteiger partial charge in [0.1, 0.15) is 5.75 Å². The molecule has 0 saturated carbocycles. The van der Waals surface area contributed by atoms with Crippen LogP contribution in [0.1, 0.15) is 29.7 Å². The van der Waals surface area contributed by atoms with Crippen molar-refractivity contribution in [1.29, 1.82) is 0 Å². The number of aryl methyl sites for hydroxylation is 1. The van der Waals surface area contributed by atoms with Crippen molar-refractivity contribution in [3.63, 3.8) is 0 Å². The van der Waals surface area contributed by atoms with Crippen LogP contribution in [0.5, 0.6) is 5.75 Å². The van der Waals surface area contributed by atoms with Crippen molar-refractivity contribution in [2.75, 3.05) is 12.4 Å². The van der Waals surface area contributed by atoms with Crippen molar-refractivity contribution >= 4 is 17.6 Å². The number of carbonyl (C=O) groups excluding carboxylic acids is 2. The Morgan fingerprint density at radius 3 is 2.56 bits per heavy atom. The number of para-hydroxylation sites is 1. The van der Waals surface area contributed by atoms with Gasteiger partial charge in [-0.25, -0.2) is 4.79 Å². The monoisotopic (exact) mass is 365 g/mol. The molecule has 0 unspecified atom stereocenters. The summed E-state index contributed by atoms with van der Waals surface area (Å²) in [4.78, 5) is 25.2. The molecule has 2 aromatic carbocycles. The minimum atomic E-state index is -0.611. The van der Waals surface area contributed by atoms with Crippen molar-refractivity contribution in [3.8, 4) is 5.75 Å². The van der Waals surface area contributed by atoms with Crippen molar-refractivity contribution in [2.45, 2.75) is 26.8 Å². The molecule has 1 aliphatic heterocycles. The predicted molar refractivity (Wildman–Crippen MR) is 105 cm³/mol. The van der Waals surface area contributed by atoms with E-state index in [1.807, 2.05) is 50.2 Å². The summed E-state index contributed by atoms with van der Waals surface area (Å²) in [7, 11) is 1.56. The van der Waals surface area contributed by atoms with E-state index >= 15 is 0 Å². The highest BCUT2D eigenvalue weighted by Crippen LogP contribution is 2.33. The first kappa shape index (κ1) is 18.5. The van der Waals surface area contributed by atoms with Gasteiger partial charge in [0.15, 0.2) is 0 Å². The first-order chi connectivity index (χ1) is 12.9. The smallest absolute Gasteiger partial charge is 0.319 e. The minimum Gasteiger partial charge on any atom is -0.496 e. The van der Waals surface area contributed by atoms with Gasteiger partial charge in [-0.15, -0.1) is 0 Å². The second-order valence-electron chi connectivity index (χ2n) is 6.51. The van der Waals surface area contributed by atoms with Crippen LogP contribution in [0.15, 0.2) is 53.7 Å². The minimum absolute atomic E-state index is 0.274. The number of carbonyl (C=O) groups is 2. The molecule has 0 aromatic heterocycles. The summed E-state index contributed by atoms with van der Waals surface area (Å²) in [5.41, 5.74) is 4.52. The van der Waals surface area contributed by atoms with Gasteiger partial charge in [-0.1, -0.05) is 30.3 Å². The quantitative estimate of drug-likeness (QED) is 0.775. The van der Waals surface area contributed by atoms with Gasteiger partial charge in [-0.2, -0.15) is 0 Å². The Morgan fingerprint density at radius 2 is 1.81 bits per heavy atom. The average molecular weight is 365 g/mol. The van der Waals surface area contributed by atoms with Gasteiger partial charge in [-0.3, -0.25) is 4.79 Å². The highest BCUT2D eigenvalue weighted by atomic mass is 16.5.